The molecule has 5 heterocycles. The van der Waals surface area contributed by atoms with Gasteiger partial charge in [-0.1, -0.05) is 188 Å². The molecule has 0 saturated carbocycles. The van der Waals surface area contributed by atoms with Crippen LogP contribution in [-0.4, -0.2) is 25.4 Å². The fourth-order valence-electron chi connectivity index (χ4n) is 10.7. The third-order valence-corrected chi connectivity index (χ3v) is 14.0. The molecule has 0 spiro atoms. The Morgan fingerprint density at radius 3 is 1.97 bits per heavy atom. The molecule has 0 unspecified atom stereocenters. The minimum absolute atomic E-state index is 0. The van der Waals surface area contributed by atoms with Gasteiger partial charge >= 0.3 is 0 Å². The van der Waals surface area contributed by atoms with Gasteiger partial charge in [-0.05, 0) is 82.3 Å². The Bertz CT molecular complexity index is 5060. The number of benzene rings is 9. The zero-order chi connectivity index (χ0) is 62.8. The molecule has 13 aromatic rings. The van der Waals surface area contributed by atoms with Gasteiger partial charge < -0.3 is 18.3 Å². The molecule has 0 atom stereocenters. The van der Waals surface area contributed by atoms with Crippen LogP contribution in [0.15, 0.2) is 200 Å². The summed E-state index contributed by atoms with van der Waals surface area (Å²) in [6.07, 6.45) is 5.32. The van der Waals surface area contributed by atoms with Crippen molar-refractivity contribution >= 4 is 72.4 Å². The van der Waals surface area contributed by atoms with E-state index in [0.717, 1.165) is 21.9 Å². The van der Waals surface area contributed by atoms with E-state index in [9.17, 15) is 5.48 Å². The molecule has 4 aromatic heterocycles. The maximum atomic E-state index is 9.33. The van der Waals surface area contributed by atoms with Crippen LogP contribution in [0.5, 0.6) is 11.5 Å². The zero-order valence-corrected chi connectivity index (χ0v) is 42.1. The van der Waals surface area contributed by atoms with Gasteiger partial charge in [0.1, 0.15) is 11.3 Å². The molecule has 1 aliphatic heterocycles. The number of imidazole rings is 1. The Morgan fingerprint density at radius 1 is 0.635 bits per heavy atom. The number of para-hydroxylation sites is 3. The largest absolute Gasteiger partial charge is 0.510 e. The van der Waals surface area contributed by atoms with Crippen LogP contribution in [-0.2, 0) is 26.5 Å². The number of hydrogen-bond donors (Lipinski definition) is 0. The molecule has 0 radical (unpaired) electrons. The van der Waals surface area contributed by atoms with E-state index in [-0.39, 0.29) is 88.2 Å². The van der Waals surface area contributed by atoms with Gasteiger partial charge in [0, 0.05) is 74.3 Å². The quantitative estimate of drug-likeness (QED) is 0.0906. The fraction of sp³-hybridized carbons (Fsp3) is 0.0909. The molecular weight excluding hydrogens is 1080 g/mol. The van der Waals surface area contributed by atoms with Crippen LogP contribution in [0.2, 0.25) is 0 Å². The van der Waals surface area contributed by atoms with Gasteiger partial charge in [-0.3, -0.25) is 4.57 Å². The van der Waals surface area contributed by atoms with E-state index in [1.54, 1.807) is 39.6 Å². The van der Waals surface area contributed by atoms with E-state index in [1.807, 2.05) is 75.8 Å². The van der Waals surface area contributed by atoms with Crippen LogP contribution < -0.4 is 20.2 Å². The fourth-order valence-corrected chi connectivity index (χ4v) is 10.7. The molecule has 0 aliphatic carbocycles. The summed E-state index contributed by atoms with van der Waals surface area (Å²) in [4.78, 5) is 4.85. The van der Waals surface area contributed by atoms with Gasteiger partial charge in [-0.15, -0.1) is 35.1 Å². The predicted molar refractivity (Wildman–Crippen MR) is 299 cm³/mol. The first-order valence-corrected chi connectivity index (χ1v) is 23.8. The van der Waals surface area contributed by atoms with Crippen LogP contribution in [0.3, 0.4) is 0 Å². The number of aryl methyl sites for hydroxylation is 2. The summed E-state index contributed by atoms with van der Waals surface area (Å²) in [5.41, 5.74) is 3.84. The molecule has 1 aliphatic rings. The van der Waals surface area contributed by atoms with Gasteiger partial charge in [0.05, 0.1) is 24.9 Å². The van der Waals surface area contributed by atoms with E-state index in [2.05, 4.69) is 45.3 Å². The van der Waals surface area contributed by atoms with Gasteiger partial charge in [0.15, 0.2) is 0 Å². The van der Waals surface area contributed by atoms with Crippen molar-refractivity contribution in [2.24, 2.45) is 0 Å². The van der Waals surface area contributed by atoms with Crippen molar-refractivity contribution in [3.05, 3.63) is 235 Å². The molecule has 0 saturated heterocycles. The summed E-state index contributed by atoms with van der Waals surface area (Å²) in [6, 6.07) is 40.0. The Morgan fingerprint density at radius 2 is 1.27 bits per heavy atom. The normalized spacial score (nSPS) is 15.7. The minimum Gasteiger partial charge on any atom is -0.510 e. The Balaban J connectivity index is 0.00000743. The summed E-state index contributed by atoms with van der Waals surface area (Å²) in [5.74, 6) is 1.08. The third-order valence-electron chi connectivity index (χ3n) is 14.0. The second-order valence-electron chi connectivity index (χ2n) is 19.2. The van der Waals surface area contributed by atoms with Gasteiger partial charge in [0.25, 0.3) is 13.2 Å². The Hall–Kier alpha value is -8.25. The van der Waals surface area contributed by atoms with E-state index in [4.69, 9.17) is 26.2 Å². The zero-order valence-electron chi connectivity index (χ0n) is 55.8. The van der Waals surface area contributed by atoms with E-state index in [0.29, 0.717) is 49.6 Å². The van der Waals surface area contributed by atoms with Crippen molar-refractivity contribution in [3.63, 3.8) is 0 Å². The van der Waals surface area contributed by atoms with Crippen LogP contribution in [0.1, 0.15) is 59.4 Å². The third kappa shape index (κ3) is 7.05. The SMILES string of the molecule is [2H]c1c([2H])c([2H])c(-c2cccc(-c3c([2H])c([2H])c([2H])c([2H])c3[2H])c2-[n+]2[c-]n3c4c5c(ccc42)c2ccccc2n5B(c2c(C([2H])([2H])[2H])cccc2C([2H])([2H])[2H])c2ccc(Oc4[c-]c5c(cc4)c4ccccc4n5-c4cc(C(C)(C)C)ccn4)[c-]c2-3)c([2H])c1[2H].[Pt]. The standard InChI is InChI=1S/C66H48BN5O.Pt/c1-42-18-16-19-43(2)62(42)67-55-34-31-48(73-47-30-32-53-51-24-12-14-28-56(51)71(59(53)39-47)61-38-46(36-37-68-61)66(3,4)5)40-60(55)70-41-69(58-35-33-54-52-25-13-15-29-57(52)72(67)64(54)65(58)70)63-49(44-20-8-6-9-21-44)26-17-27-50(63)45-22-10-7-11-23-45;/h6-38H,1-5H3;/q-2;/i1D3,2D3,6D,7D,8D,9D,10D,11D,20D,21D,22D,23D;. The first-order valence-electron chi connectivity index (χ1n) is 31.8. The molecule has 9 aromatic carbocycles. The van der Waals surface area contributed by atoms with Crippen LogP contribution in [0.4, 0.5) is 0 Å². The maximum Gasteiger partial charge on any atom is 0.268 e. The van der Waals surface area contributed by atoms with Crippen LogP contribution >= 0.6 is 0 Å². The molecule has 0 N–H and O–H groups in total. The second-order valence-corrected chi connectivity index (χ2v) is 19.2. The van der Waals surface area contributed by atoms with Crippen LogP contribution in [0, 0.1) is 32.2 Å². The molecule has 6 nitrogen and oxygen atoms in total. The summed E-state index contributed by atoms with van der Waals surface area (Å²) < 4.78 is 158. The molecule has 0 amide bonds. The summed E-state index contributed by atoms with van der Waals surface area (Å²) in [6.45, 7) is -0.517. The molecule has 358 valence electrons. The second kappa shape index (κ2) is 17.5. The van der Waals surface area contributed by atoms with Crippen molar-refractivity contribution in [1.82, 2.24) is 18.6 Å². The van der Waals surface area contributed by atoms with Crippen molar-refractivity contribution in [2.75, 3.05) is 0 Å². The summed E-state index contributed by atoms with van der Waals surface area (Å²) >= 11 is 0. The van der Waals surface area contributed by atoms with Gasteiger partial charge in [-0.25, -0.2) is 4.98 Å². The minimum atomic E-state index is -2.85. The Kier molecular flexibility index (Phi) is 7.40. The molecule has 0 bridgehead atoms. The van der Waals surface area contributed by atoms with Crippen molar-refractivity contribution < 1.29 is 52.3 Å². The van der Waals surface area contributed by atoms with Gasteiger partial charge in [0.2, 0.25) is 0 Å². The summed E-state index contributed by atoms with van der Waals surface area (Å²) in [5, 5.41) is 3.20. The number of hydrogen-bond acceptors (Lipinski definition) is 2. The topological polar surface area (TPSA) is 40.8 Å². The maximum absolute atomic E-state index is 9.33. The predicted octanol–water partition coefficient (Wildman–Crippen LogP) is 13.9. The first-order chi connectivity index (χ1) is 42.3. The molecular formula is C66H48BN5OPt-2. The smallest absolute Gasteiger partial charge is 0.268 e. The van der Waals surface area contributed by atoms with E-state index >= 15 is 0 Å². The average Bonchev–Trinajstić information content (AvgIpc) is 1.51. The van der Waals surface area contributed by atoms with Crippen molar-refractivity contribution in [2.45, 2.75) is 39.9 Å². The average molecular weight is 1150 g/mol. The summed E-state index contributed by atoms with van der Waals surface area (Å²) in [7, 11) is 0. The molecule has 14 rings (SSSR count). The van der Waals surface area contributed by atoms with E-state index < -0.39 is 81.0 Å². The number of ether oxygens (including phenoxy) is 1. The number of nitrogens with zero attached hydrogens (tertiary/aromatic N) is 5. The van der Waals surface area contributed by atoms with Gasteiger partial charge in [-0.2, -0.15) is 12.1 Å². The monoisotopic (exact) mass is 1150 g/mol. The number of pyridine rings is 1. The van der Waals surface area contributed by atoms with Crippen molar-refractivity contribution in [3.8, 4) is 50.9 Å². The first kappa shape index (κ1) is 31.4. The van der Waals surface area contributed by atoms with Crippen LogP contribution in [0.25, 0.3) is 94.1 Å². The molecule has 8 heteroatoms. The number of fused-ring (bicyclic) bond motifs is 8. The van der Waals surface area contributed by atoms with Crippen molar-refractivity contribution in [1.29, 1.82) is 0 Å². The number of aromatic nitrogens is 5. The van der Waals surface area contributed by atoms with E-state index in [1.165, 1.54) is 36.4 Å². The number of rotatable bonds is 7. The Labute approximate surface area is 467 Å². The molecule has 0 fully saturated rings. The molecule has 74 heavy (non-hydrogen) atoms.